The van der Waals surface area contributed by atoms with Gasteiger partial charge in [0.15, 0.2) is 5.78 Å². The normalized spacial score (nSPS) is 10.6. The summed E-state index contributed by atoms with van der Waals surface area (Å²) in [6.45, 7) is 5.49. The van der Waals surface area contributed by atoms with E-state index in [2.05, 4.69) is 43.4 Å². The van der Waals surface area contributed by atoms with E-state index in [9.17, 15) is 14.7 Å². The van der Waals surface area contributed by atoms with E-state index in [1.54, 1.807) is 0 Å². The maximum atomic E-state index is 13.3. The van der Waals surface area contributed by atoms with Gasteiger partial charge in [0, 0.05) is 48.3 Å². The number of aryl methyl sites for hydroxylation is 2. The first kappa shape index (κ1) is 26.9. The topological polar surface area (TPSA) is 74.2 Å². The smallest absolute Gasteiger partial charge is 0.550 e. The first-order chi connectivity index (χ1) is 15.4. The second-order valence-electron chi connectivity index (χ2n) is 8.42. The molecular formula is C27H31N2NaO3. The third-order valence-electron chi connectivity index (χ3n) is 5.51. The molecule has 0 aliphatic heterocycles. The van der Waals surface area contributed by atoms with Gasteiger partial charge in [0.25, 0.3) is 0 Å². The number of nitrogens with zero attached hydrogens (tertiary/aromatic N) is 1. The fourth-order valence-electron chi connectivity index (χ4n) is 3.81. The zero-order valence-corrected chi connectivity index (χ0v) is 21.8. The predicted octanol–water partition coefficient (Wildman–Crippen LogP) is 1.42. The zero-order valence-electron chi connectivity index (χ0n) is 19.8. The monoisotopic (exact) mass is 454 g/mol. The second-order valence-corrected chi connectivity index (χ2v) is 8.42. The summed E-state index contributed by atoms with van der Waals surface area (Å²) in [6.07, 6.45) is 6.30. The van der Waals surface area contributed by atoms with Crippen LogP contribution in [0.15, 0.2) is 67.0 Å². The average Bonchev–Trinajstić information content (AvgIpc) is 3.21. The number of hydrogen-bond donors (Lipinski definition) is 1. The fraction of sp³-hybridized carbons (Fsp3) is 0.333. The summed E-state index contributed by atoms with van der Waals surface area (Å²) in [6, 6.07) is 18.0. The molecule has 0 bridgehead atoms. The molecule has 0 fully saturated rings. The number of nitrogens with one attached hydrogen (secondary N) is 1. The molecule has 0 atom stereocenters. The molecule has 0 aliphatic rings. The summed E-state index contributed by atoms with van der Waals surface area (Å²) >= 11 is 0. The van der Waals surface area contributed by atoms with Crippen LogP contribution in [-0.2, 0) is 17.8 Å². The van der Waals surface area contributed by atoms with Crippen LogP contribution in [0.2, 0.25) is 0 Å². The van der Waals surface area contributed by atoms with Gasteiger partial charge in [-0.3, -0.25) is 4.79 Å². The minimum Gasteiger partial charge on any atom is -0.550 e. The summed E-state index contributed by atoms with van der Waals surface area (Å²) in [5, 5.41) is 14.1. The van der Waals surface area contributed by atoms with E-state index in [0.29, 0.717) is 24.1 Å². The number of aliphatic carboxylic acids is 1. The molecule has 168 valence electrons. The summed E-state index contributed by atoms with van der Waals surface area (Å²) in [4.78, 5) is 24.0. The maximum Gasteiger partial charge on any atom is 1.00 e. The van der Waals surface area contributed by atoms with Gasteiger partial charge in [0.05, 0.1) is 0 Å². The van der Waals surface area contributed by atoms with Crippen molar-refractivity contribution in [2.24, 2.45) is 0 Å². The van der Waals surface area contributed by atoms with E-state index in [1.165, 1.54) is 5.56 Å². The molecule has 33 heavy (non-hydrogen) atoms. The number of carboxylic acids is 1. The second kappa shape index (κ2) is 13.4. The molecule has 1 aromatic heterocycles. The molecule has 0 saturated carbocycles. The first-order valence-corrected chi connectivity index (χ1v) is 11.3. The number of ketones is 1. The van der Waals surface area contributed by atoms with Crippen molar-refractivity contribution < 1.29 is 44.3 Å². The number of anilines is 1. The molecule has 1 heterocycles. The molecule has 0 spiro atoms. The van der Waals surface area contributed by atoms with E-state index in [-0.39, 0.29) is 47.7 Å². The number of carboxylic acid groups (broad SMARTS) is 1. The first-order valence-electron chi connectivity index (χ1n) is 11.3. The van der Waals surface area contributed by atoms with Crippen LogP contribution in [0, 0.1) is 0 Å². The Morgan fingerprint density at radius 3 is 2.45 bits per heavy atom. The Bertz CT molecular complexity index is 1040. The van der Waals surface area contributed by atoms with E-state index >= 15 is 0 Å². The molecule has 3 aromatic rings. The Morgan fingerprint density at radius 1 is 1.00 bits per heavy atom. The molecule has 3 rings (SSSR count). The Morgan fingerprint density at radius 2 is 1.76 bits per heavy atom. The van der Waals surface area contributed by atoms with Gasteiger partial charge in [-0.2, -0.15) is 0 Å². The number of carbonyl (C=O) groups is 2. The SMILES string of the molecule is CC(C)c1cn(CCCC(=O)[O-])cc1C(=O)c1cccc(NCCCc2ccccc2)c1.[Na+]. The minimum atomic E-state index is -1.05. The van der Waals surface area contributed by atoms with E-state index in [4.69, 9.17) is 0 Å². The summed E-state index contributed by atoms with van der Waals surface area (Å²) < 4.78 is 1.91. The van der Waals surface area contributed by atoms with Crippen molar-refractivity contribution in [1.82, 2.24) is 4.57 Å². The van der Waals surface area contributed by atoms with Gasteiger partial charge < -0.3 is 19.8 Å². The summed E-state index contributed by atoms with van der Waals surface area (Å²) in [5.41, 5.74) is 4.55. The third kappa shape index (κ3) is 8.18. The van der Waals surface area contributed by atoms with Crippen molar-refractivity contribution in [2.45, 2.75) is 52.0 Å². The van der Waals surface area contributed by atoms with E-state index < -0.39 is 5.97 Å². The van der Waals surface area contributed by atoms with Crippen molar-refractivity contribution in [3.05, 3.63) is 89.2 Å². The average molecular weight is 455 g/mol. The van der Waals surface area contributed by atoms with Crippen LogP contribution >= 0.6 is 0 Å². The number of benzene rings is 2. The number of rotatable bonds is 12. The van der Waals surface area contributed by atoms with Gasteiger partial charge in [0.1, 0.15) is 0 Å². The van der Waals surface area contributed by atoms with Crippen LogP contribution in [0.3, 0.4) is 0 Å². The molecule has 2 aromatic carbocycles. The van der Waals surface area contributed by atoms with Gasteiger partial charge in [-0.05, 0) is 54.9 Å². The van der Waals surface area contributed by atoms with Crippen molar-refractivity contribution in [3.8, 4) is 0 Å². The molecule has 6 heteroatoms. The molecule has 0 aliphatic carbocycles. The summed E-state index contributed by atoms with van der Waals surface area (Å²) in [7, 11) is 0. The maximum absolute atomic E-state index is 13.3. The van der Waals surface area contributed by atoms with Crippen molar-refractivity contribution >= 4 is 17.4 Å². The van der Waals surface area contributed by atoms with Gasteiger partial charge >= 0.3 is 29.6 Å². The van der Waals surface area contributed by atoms with Crippen LogP contribution in [0.1, 0.15) is 66.1 Å². The Kier molecular flexibility index (Phi) is 10.9. The van der Waals surface area contributed by atoms with Gasteiger partial charge in [-0.25, -0.2) is 0 Å². The molecule has 0 radical (unpaired) electrons. The van der Waals surface area contributed by atoms with Crippen molar-refractivity contribution in [2.75, 3.05) is 11.9 Å². The van der Waals surface area contributed by atoms with Crippen molar-refractivity contribution in [1.29, 1.82) is 0 Å². The molecule has 0 amide bonds. The third-order valence-corrected chi connectivity index (χ3v) is 5.51. The van der Waals surface area contributed by atoms with Crippen LogP contribution in [0.4, 0.5) is 5.69 Å². The van der Waals surface area contributed by atoms with Crippen LogP contribution in [0.25, 0.3) is 0 Å². The standard InChI is InChI=1S/C27H32N2O3.Na/c1-20(2)24-18-29(16-8-14-26(30)31)19-25(24)27(32)22-12-6-13-23(17-22)28-15-7-11-21-9-4-3-5-10-21;/h3-6,9-10,12-13,17-20,28H,7-8,11,14-16H2,1-2H3,(H,30,31);/q;+1/p-1. The van der Waals surface area contributed by atoms with Gasteiger partial charge in [-0.15, -0.1) is 0 Å². The number of aromatic nitrogens is 1. The van der Waals surface area contributed by atoms with Crippen LogP contribution in [0.5, 0.6) is 0 Å². The van der Waals surface area contributed by atoms with Crippen LogP contribution in [-0.4, -0.2) is 22.9 Å². The zero-order chi connectivity index (χ0) is 22.9. The Hall–Kier alpha value is -2.34. The number of carbonyl (C=O) groups excluding carboxylic acids is 2. The van der Waals surface area contributed by atoms with Gasteiger partial charge in [0.2, 0.25) is 0 Å². The number of hydrogen-bond acceptors (Lipinski definition) is 4. The molecule has 5 nitrogen and oxygen atoms in total. The van der Waals surface area contributed by atoms with Crippen molar-refractivity contribution in [3.63, 3.8) is 0 Å². The quantitative estimate of drug-likeness (QED) is 0.255. The van der Waals surface area contributed by atoms with Gasteiger partial charge in [-0.1, -0.05) is 56.3 Å². The molecule has 0 saturated heterocycles. The minimum absolute atomic E-state index is 0. The molecular weight excluding hydrogens is 423 g/mol. The largest absolute Gasteiger partial charge is 1.00 e. The predicted molar refractivity (Wildman–Crippen MR) is 126 cm³/mol. The summed E-state index contributed by atoms with van der Waals surface area (Å²) in [5.74, 6) is -0.874. The Balaban J connectivity index is 0.00000385. The van der Waals surface area contributed by atoms with E-state index in [0.717, 1.165) is 30.6 Å². The fourth-order valence-corrected chi connectivity index (χ4v) is 3.81. The van der Waals surface area contributed by atoms with Crippen LogP contribution < -0.4 is 40.0 Å². The molecule has 0 unspecified atom stereocenters. The molecule has 1 N–H and O–H groups in total. The van der Waals surface area contributed by atoms with E-state index in [1.807, 2.05) is 47.3 Å². The Labute approximate surface area is 218 Å².